The number of ketones is 1. The number of rotatable bonds is 9. The SMILES string of the molecule is COc1cccc2nc(C(=O)C(CC(=O)O)NC(=O)C3CC(Oc4ccccc4)CN3C(C)=O)oc12. The average molecular weight is 495 g/mol. The average Bonchev–Trinajstić information content (AvgIpc) is 3.48. The number of carbonyl (C=O) groups excluding carboxylic acids is 3. The minimum Gasteiger partial charge on any atom is -0.493 e. The second-order valence-corrected chi connectivity index (χ2v) is 8.33. The Bertz CT molecular complexity index is 1290. The highest BCUT2D eigenvalue weighted by Gasteiger charge is 2.41. The fourth-order valence-electron chi connectivity index (χ4n) is 4.16. The van der Waals surface area contributed by atoms with Crippen LogP contribution in [0, 0.1) is 0 Å². The normalized spacial score (nSPS) is 18.0. The van der Waals surface area contributed by atoms with Gasteiger partial charge in [-0.05, 0) is 24.3 Å². The summed E-state index contributed by atoms with van der Waals surface area (Å²) < 4.78 is 16.7. The number of oxazole rings is 1. The van der Waals surface area contributed by atoms with Crippen LogP contribution in [-0.2, 0) is 14.4 Å². The number of Topliss-reactive ketones (excluding diaryl/α,β-unsaturated/α-hetero) is 1. The number of methoxy groups -OCH3 is 1. The molecule has 0 spiro atoms. The minimum absolute atomic E-state index is 0.171. The van der Waals surface area contributed by atoms with Crippen molar-refractivity contribution >= 4 is 34.7 Å². The molecule has 3 unspecified atom stereocenters. The summed E-state index contributed by atoms with van der Waals surface area (Å²) in [6.45, 7) is 1.50. The number of hydrogen-bond acceptors (Lipinski definition) is 8. The number of aromatic nitrogens is 1. The van der Waals surface area contributed by atoms with Crippen LogP contribution >= 0.6 is 0 Å². The quantitative estimate of drug-likeness (QED) is 0.425. The topological polar surface area (TPSA) is 148 Å². The van der Waals surface area contributed by atoms with E-state index in [1.807, 2.05) is 6.07 Å². The molecule has 3 aromatic rings. The monoisotopic (exact) mass is 495 g/mol. The molecule has 1 saturated heterocycles. The standard InChI is InChI=1S/C25H25N3O8/c1-14(29)28-13-16(35-15-7-4-3-5-8-15)11-19(28)24(33)26-18(12-21(30)31)22(32)25-27-17-9-6-10-20(34-2)23(17)36-25/h3-10,16,18-19H,11-13H2,1-2H3,(H,26,33)(H,30,31). The highest BCUT2D eigenvalue weighted by molar-refractivity contribution is 6.02. The number of likely N-dealkylation sites (tertiary alicyclic amines) is 1. The van der Waals surface area contributed by atoms with Gasteiger partial charge in [0.25, 0.3) is 5.89 Å². The molecule has 1 fully saturated rings. The first kappa shape index (κ1) is 24.7. The van der Waals surface area contributed by atoms with E-state index in [0.717, 1.165) is 0 Å². The van der Waals surface area contributed by atoms with Crippen LogP contribution in [0.25, 0.3) is 11.1 Å². The van der Waals surface area contributed by atoms with E-state index in [2.05, 4.69) is 10.3 Å². The third kappa shape index (κ3) is 5.29. The number of fused-ring (bicyclic) bond motifs is 1. The number of carboxylic acid groups (broad SMARTS) is 1. The van der Waals surface area contributed by atoms with E-state index in [9.17, 15) is 24.3 Å². The van der Waals surface area contributed by atoms with Gasteiger partial charge in [-0.1, -0.05) is 24.3 Å². The molecule has 0 aliphatic carbocycles. The molecule has 11 nitrogen and oxygen atoms in total. The summed E-state index contributed by atoms with van der Waals surface area (Å²) in [5.41, 5.74) is 0.570. The van der Waals surface area contributed by atoms with Crippen molar-refractivity contribution < 1.29 is 38.2 Å². The van der Waals surface area contributed by atoms with Gasteiger partial charge in [0.15, 0.2) is 11.3 Å². The first-order valence-corrected chi connectivity index (χ1v) is 11.3. The molecule has 2 heterocycles. The first-order chi connectivity index (χ1) is 17.3. The number of para-hydroxylation sites is 2. The van der Waals surface area contributed by atoms with Gasteiger partial charge in [0.2, 0.25) is 17.6 Å². The number of hydrogen-bond donors (Lipinski definition) is 2. The van der Waals surface area contributed by atoms with Gasteiger partial charge in [0.1, 0.15) is 29.5 Å². The molecule has 2 aromatic carbocycles. The van der Waals surface area contributed by atoms with Crippen molar-refractivity contribution in [3.63, 3.8) is 0 Å². The number of ether oxygens (including phenoxy) is 2. The minimum atomic E-state index is -1.46. The molecule has 1 aliphatic rings. The summed E-state index contributed by atoms with van der Waals surface area (Å²) in [6, 6.07) is 11.5. The number of nitrogens with zero attached hydrogens (tertiary/aromatic N) is 2. The predicted octanol–water partition coefficient (Wildman–Crippen LogP) is 2.05. The number of carboxylic acids is 1. The van der Waals surface area contributed by atoms with Crippen molar-refractivity contribution in [2.24, 2.45) is 0 Å². The van der Waals surface area contributed by atoms with Crippen LogP contribution in [-0.4, -0.2) is 70.4 Å². The lowest BCUT2D eigenvalue weighted by Crippen LogP contribution is -2.51. The molecule has 188 valence electrons. The van der Waals surface area contributed by atoms with Crippen molar-refractivity contribution in [1.29, 1.82) is 0 Å². The second-order valence-electron chi connectivity index (χ2n) is 8.33. The van der Waals surface area contributed by atoms with Crippen molar-refractivity contribution in [2.75, 3.05) is 13.7 Å². The van der Waals surface area contributed by atoms with Crippen LogP contribution in [0.2, 0.25) is 0 Å². The van der Waals surface area contributed by atoms with Gasteiger partial charge in [-0.2, -0.15) is 0 Å². The maximum absolute atomic E-state index is 13.2. The van der Waals surface area contributed by atoms with Gasteiger partial charge >= 0.3 is 5.97 Å². The molecule has 4 rings (SSSR count). The lowest BCUT2D eigenvalue weighted by molar-refractivity contribution is -0.139. The zero-order chi connectivity index (χ0) is 25.8. The Morgan fingerprint density at radius 1 is 1.17 bits per heavy atom. The zero-order valence-electron chi connectivity index (χ0n) is 19.7. The fourth-order valence-corrected chi connectivity index (χ4v) is 4.16. The molecule has 3 atom stereocenters. The molecule has 1 aliphatic heterocycles. The Hall–Kier alpha value is -4.41. The van der Waals surface area contributed by atoms with Crippen molar-refractivity contribution in [3.8, 4) is 11.5 Å². The van der Waals surface area contributed by atoms with Crippen LogP contribution in [0.3, 0.4) is 0 Å². The number of nitrogens with one attached hydrogen (secondary N) is 1. The second kappa shape index (κ2) is 10.5. The van der Waals surface area contributed by atoms with E-state index in [-0.39, 0.29) is 30.3 Å². The lowest BCUT2D eigenvalue weighted by atomic mass is 10.1. The zero-order valence-corrected chi connectivity index (χ0v) is 19.7. The van der Waals surface area contributed by atoms with Gasteiger partial charge in [0.05, 0.1) is 20.1 Å². The highest BCUT2D eigenvalue weighted by Crippen LogP contribution is 2.27. The summed E-state index contributed by atoms with van der Waals surface area (Å²) in [4.78, 5) is 55.5. The predicted molar refractivity (Wildman–Crippen MR) is 126 cm³/mol. The van der Waals surface area contributed by atoms with Crippen LogP contribution in [0.1, 0.15) is 30.5 Å². The number of aliphatic carboxylic acids is 1. The third-order valence-electron chi connectivity index (χ3n) is 5.84. The molecule has 2 N–H and O–H groups in total. The molecule has 11 heteroatoms. The first-order valence-electron chi connectivity index (χ1n) is 11.3. The number of carbonyl (C=O) groups is 4. The summed E-state index contributed by atoms with van der Waals surface area (Å²) in [5, 5.41) is 11.8. The van der Waals surface area contributed by atoms with Crippen molar-refractivity contribution in [2.45, 2.75) is 38.0 Å². The van der Waals surface area contributed by atoms with E-state index in [0.29, 0.717) is 17.0 Å². The van der Waals surface area contributed by atoms with Crippen molar-refractivity contribution in [3.05, 3.63) is 54.4 Å². The molecular weight excluding hydrogens is 470 g/mol. The van der Waals surface area contributed by atoms with Crippen LogP contribution < -0.4 is 14.8 Å². The lowest BCUT2D eigenvalue weighted by Gasteiger charge is -2.24. The molecule has 36 heavy (non-hydrogen) atoms. The Morgan fingerprint density at radius 2 is 1.92 bits per heavy atom. The van der Waals surface area contributed by atoms with E-state index >= 15 is 0 Å². The van der Waals surface area contributed by atoms with Gasteiger partial charge in [-0.3, -0.25) is 19.2 Å². The maximum atomic E-state index is 13.2. The van der Waals surface area contributed by atoms with Gasteiger partial charge in [0, 0.05) is 13.3 Å². The Balaban J connectivity index is 1.53. The summed E-state index contributed by atoms with van der Waals surface area (Å²) in [7, 11) is 1.43. The highest BCUT2D eigenvalue weighted by atomic mass is 16.5. The fraction of sp³-hybridized carbons (Fsp3) is 0.320. The van der Waals surface area contributed by atoms with E-state index in [4.69, 9.17) is 13.9 Å². The molecule has 0 radical (unpaired) electrons. The molecule has 2 amide bonds. The van der Waals surface area contributed by atoms with Gasteiger partial charge in [-0.25, -0.2) is 4.98 Å². The Labute approximate surface area is 206 Å². The van der Waals surface area contributed by atoms with E-state index in [1.165, 1.54) is 18.9 Å². The molecule has 0 bridgehead atoms. The van der Waals surface area contributed by atoms with Crippen LogP contribution in [0.4, 0.5) is 0 Å². The third-order valence-corrected chi connectivity index (χ3v) is 5.84. The van der Waals surface area contributed by atoms with Gasteiger partial charge < -0.3 is 29.2 Å². The van der Waals surface area contributed by atoms with E-state index < -0.39 is 42.3 Å². The van der Waals surface area contributed by atoms with Crippen LogP contribution in [0.15, 0.2) is 52.9 Å². The van der Waals surface area contributed by atoms with Crippen molar-refractivity contribution in [1.82, 2.24) is 15.2 Å². The molecule has 1 aromatic heterocycles. The summed E-state index contributed by atoms with van der Waals surface area (Å²) in [5.74, 6) is -2.54. The van der Waals surface area contributed by atoms with Crippen LogP contribution in [0.5, 0.6) is 11.5 Å². The largest absolute Gasteiger partial charge is 0.493 e. The Morgan fingerprint density at radius 3 is 2.58 bits per heavy atom. The Kier molecular flexibility index (Phi) is 7.18. The summed E-state index contributed by atoms with van der Waals surface area (Å²) in [6.07, 6.45) is -0.976. The maximum Gasteiger partial charge on any atom is 0.305 e. The molecule has 0 saturated carbocycles. The summed E-state index contributed by atoms with van der Waals surface area (Å²) >= 11 is 0. The molecular formula is C25H25N3O8. The number of amides is 2. The van der Waals surface area contributed by atoms with E-state index in [1.54, 1.807) is 42.5 Å². The van der Waals surface area contributed by atoms with Gasteiger partial charge in [-0.15, -0.1) is 0 Å². The smallest absolute Gasteiger partial charge is 0.305 e. The number of benzene rings is 2.